The summed E-state index contributed by atoms with van der Waals surface area (Å²) in [6.07, 6.45) is 1.34. The molecule has 9 heteroatoms. The molecule has 0 bridgehead atoms. The number of halogens is 3. The number of nitrogens with one attached hydrogen (secondary N) is 2. The van der Waals surface area contributed by atoms with Crippen molar-refractivity contribution >= 4 is 64.1 Å². The highest BCUT2D eigenvalue weighted by atomic mass is 35.5. The Balaban J connectivity index is 1.73. The van der Waals surface area contributed by atoms with E-state index < -0.39 is 11.8 Å². The Morgan fingerprint density at radius 2 is 1.39 bits per heavy atom. The minimum Gasteiger partial charge on any atom is -0.483 e. The van der Waals surface area contributed by atoms with Gasteiger partial charge in [-0.15, -0.1) is 0 Å². The van der Waals surface area contributed by atoms with E-state index in [0.717, 1.165) is 0 Å². The van der Waals surface area contributed by atoms with Crippen LogP contribution in [0.5, 0.6) is 5.75 Å². The molecule has 0 aliphatic heterocycles. The highest BCUT2D eigenvalue weighted by Gasteiger charge is 2.13. The first-order valence-corrected chi connectivity index (χ1v) is 10.6. The van der Waals surface area contributed by atoms with Crippen molar-refractivity contribution in [1.82, 2.24) is 0 Å². The maximum atomic E-state index is 12.5. The fraction of sp³-hybridized carbons (Fsp3) is 0.0417. The van der Waals surface area contributed by atoms with Crippen LogP contribution >= 0.6 is 34.8 Å². The zero-order chi connectivity index (χ0) is 23.8. The Labute approximate surface area is 205 Å². The number of carbonyl (C=O) groups is 2. The van der Waals surface area contributed by atoms with Crippen LogP contribution in [-0.4, -0.2) is 18.4 Å². The first-order valence-electron chi connectivity index (χ1n) is 9.50. The van der Waals surface area contributed by atoms with Gasteiger partial charge in [0, 0.05) is 32.0 Å². The van der Waals surface area contributed by atoms with Crippen LogP contribution in [0, 0.1) is 11.3 Å². The Morgan fingerprint density at radius 1 is 0.848 bits per heavy atom. The third-order valence-electron chi connectivity index (χ3n) is 4.23. The molecular weight excluding hydrogens is 485 g/mol. The Kier molecular flexibility index (Phi) is 8.34. The van der Waals surface area contributed by atoms with E-state index in [9.17, 15) is 14.9 Å². The van der Waals surface area contributed by atoms with E-state index >= 15 is 0 Å². The van der Waals surface area contributed by atoms with Crippen LogP contribution in [0.15, 0.2) is 72.3 Å². The topological polar surface area (TPSA) is 91.2 Å². The molecule has 2 amide bonds. The predicted molar refractivity (Wildman–Crippen MR) is 131 cm³/mol. The quantitative estimate of drug-likeness (QED) is 0.298. The summed E-state index contributed by atoms with van der Waals surface area (Å²) in [5.74, 6) is -0.743. The highest BCUT2D eigenvalue weighted by molar-refractivity contribution is 6.31. The summed E-state index contributed by atoms with van der Waals surface area (Å²) in [5, 5.41) is 16.2. The van der Waals surface area contributed by atoms with Gasteiger partial charge >= 0.3 is 0 Å². The van der Waals surface area contributed by atoms with Crippen LogP contribution in [0.25, 0.3) is 6.08 Å². The molecule has 0 spiro atoms. The van der Waals surface area contributed by atoms with Crippen molar-refractivity contribution in [3.05, 3.63) is 92.9 Å². The molecule has 0 unspecified atom stereocenters. The second kappa shape index (κ2) is 11.4. The molecule has 0 saturated carbocycles. The number of benzene rings is 3. The van der Waals surface area contributed by atoms with Gasteiger partial charge < -0.3 is 15.4 Å². The van der Waals surface area contributed by atoms with Crippen LogP contribution < -0.4 is 15.4 Å². The predicted octanol–water partition coefficient (Wildman–Crippen LogP) is 6.21. The molecule has 3 aromatic carbocycles. The maximum absolute atomic E-state index is 12.5. The first kappa shape index (κ1) is 24.1. The van der Waals surface area contributed by atoms with E-state index in [1.54, 1.807) is 60.7 Å². The fourth-order valence-electron chi connectivity index (χ4n) is 2.67. The van der Waals surface area contributed by atoms with E-state index in [1.807, 2.05) is 6.07 Å². The summed E-state index contributed by atoms with van der Waals surface area (Å²) in [4.78, 5) is 24.8. The third kappa shape index (κ3) is 7.26. The Hall–Kier alpha value is -3.50. The van der Waals surface area contributed by atoms with Gasteiger partial charge in [0.1, 0.15) is 17.4 Å². The van der Waals surface area contributed by atoms with Gasteiger partial charge in [-0.3, -0.25) is 9.59 Å². The molecule has 3 rings (SSSR count). The molecule has 0 saturated heterocycles. The molecule has 0 radical (unpaired) electrons. The summed E-state index contributed by atoms with van der Waals surface area (Å²) in [6, 6.07) is 19.6. The van der Waals surface area contributed by atoms with Crippen molar-refractivity contribution in [2.45, 2.75) is 0 Å². The van der Waals surface area contributed by atoms with Crippen LogP contribution in [0.3, 0.4) is 0 Å². The van der Waals surface area contributed by atoms with Crippen LogP contribution in [0.2, 0.25) is 15.1 Å². The fourth-order valence-corrected chi connectivity index (χ4v) is 3.11. The van der Waals surface area contributed by atoms with Crippen molar-refractivity contribution in [2.75, 3.05) is 17.2 Å². The zero-order valence-corrected chi connectivity index (χ0v) is 19.2. The van der Waals surface area contributed by atoms with Crippen LogP contribution in [0.4, 0.5) is 11.4 Å². The van der Waals surface area contributed by atoms with Crippen molar-refractivity contribution in [3.8, 4) is 11.8 Å². The number of ether oxygens (including phenoxy) is 1. The van der Waals surface area contributed by atoms with Gasteiger partial charge in [0.05, 0.1) is 0 Å². The molecule has 6 nitrogen and oxygen atoms in total. The second-order valence-corrected chi connectivity index (χ2v) is 7.97. The normalized spacial score (nSPS) is 10.8. The SMILES string of the molecule is N#C/C(=C\c1cc(Cl)ccc1OCC(=O)Nc1ccc(Cl)cc1)C(=O)Nc1ccc(Cl)cc1. The monoisotopic (exact) mass is 499 g/mol. The summed E-state index contributed by atoms with van der Waals surface area (Å²) in [6.45, 7) is -0.302. The zero-order valence-electron chi connectivity index (χ0n) is 16.9. The van der Waals surface area contributed by atoms with Gasteiger partial charge in [0.2, 0.25) is 0 Å². The molecule has 33 heavy (non-hydrogen) atoms. The van der Waals surface area contributed by atoms with E-state index in [1.165, 1.54) is 12.1 Å². The van der Waals surface area contributed by atoms with E-state index in [2.05, 4.69) is 10.6 Å². The summed E-state index contributed by atoms with van der Waals surface area (Å²) in [7, 11) is 0. The lowest BCUT2D eigenvalue weighted by Gasteiger charge is -2.11. The summed E-state index contributed by atoms with van der Waals surface area (Å²) >= 11 is 17.8. The second-order valence-electron chi connectivity index (χ2n) is 6.66. The largest absolute Gasteiger partial charge is 0.483 e. The first-order chi connectivity index (χ1) is 15.8. The molecule has 3 aromatic rings. The molecule has 166 valence electrons. The van der Waals surface area contributed by atoms with Crippen LogP contribution in [-0.2, 0) is 9.59 Å². The number of carbonyl (C=O) groups excluding carboxylic acids is 2. The number of hydrogen-bond acceptors (Lipinski definition) is 4. The molecule has 0 aromatic heterocycles. The van der Waals surface area contributed by atoms with E-state index in [0.29, 0.717) is 32.0 Å². The molecule has 0 heterocycles. The van der Waals surface area contributed by atoms with Crippen molar-refractivity contribution < 1.29 is 14.3 Å². The number of nitrogens with zero attached hydrogens (tertiary/aromatic N) is 1. The average Bonchev–Trinajstić information content (AvgIpc) is 2.79. The lowest BCUT2D eigenvalue weighted by Crippen LogP contribution is -2.20. The van der Waals surface area contributed by atoms with Gasteiger partial charge in [-0.25, -0.2) is 0 Å². The summed E-state index contributed by atoms with van der Waals surface area (Å²) < 4.78 is 5.61. The number of amides is 2. The maximum Gasteiger partial charge on any atom is 0.266 e. The molecule has 0 aliphatic rings. The van der Waals surface area contributed by atoms with E-state index in [4.69, 9.17) is 39.5 Å². The van der Waals surface area contributed by atoms with Gasteiger partial charge in [0.15, 0.2) is 6.61 Å². The van der Waals surface area contributed by atoms with Gasteiger partial charge in [-0.2, -0.15) is 5.26 Å². The Bertz CT molecular complexity index is 1230. The number of rotatable bonds is 7. The minimum absolute atomic E-state index is 0.178. The molecule has 0 atom stereocenters. The molecule has 0 aliphatic carbocycles. The molecular formula is C24H16Cl3N3O3. The molecule has 0 fully saturated rings. The lowest BCUT2D eigenvalue weighted by atomic mass is 10.1. The smallest absolute Gasteiger partial charge is 0.266 e. The highest BCUT2D eigenvalue weighted by Crippen LogP contribution is 2.26. The average molecular weight is 501 g/mol. The number of nitriles is 1. The van der Waals surface area contributed by atoms with Crippen molar-refractivity contribution in [2.24, 2.45) is 0 Å². The standard InChI is InChI=1S/C24H16Cl3N3O3/c25-17-1-6-20(7-2-17)29-23(31)14-33-22-10-5-19(27)12-15(22)11-16(13-28)24(32)30-21-8-3-18(26)4-9-21/h1-12H,14H2,(H,29,31)(H,30,32)/b16-11+. The van der Waals surface area contributed by atoms with Crippen molar-refractivity contribution in [3.63, 3.8) is 0 Å². The minimum atomic E-state index is -0.619. The van der Waals surface area contributed by atoms with E-state index in [-0.39, 0.29) is 17.9 Å². The van der Waals surface area contributed by atoms with Crippen molar-refractivity contribution in [1.29, 1.82) is 5.26 Å². The number of anilines is 2. The van der Waals surface area contributed by atoms with Gasteiger partial charge in [-0.1, -0.05) is 34.8 Å². The van der Waals surface area contributed by atoms with Gasteiger partial charge in [0.25, 0.3) is 11.8 Å². The van der Waals surface area contributed by atoms with Gasteiger partial charge in [-0.05, 0) is 72.8 Å². The number of hydrogen-bond donors (Lipinski definition) is 2. The summed E-state index contributed by atoms with van der Waals surface area (Å²) in [5.41, 5.74) is 1.23. The lowest BCUT2D eigenvalue weighted by molar-refractivity contribution is -0.118. The molecule has 2 N–H and O–H groups in total. The Morgan fingerprint density at radius 3 is 1.97 bits per heavy atom. The van der Waals surface area contributed by atoms with Crippen LogP contribution in [0.1, 0.15) is 5.56 Å². The third-order valence-corrected chi connectivity index (χ3v) is 4.96.